The third kappa shape index (κ3) is 6.84. The number of anilines is 1. The molecule has 1 rings (SSSR count). The second-order valence-electron chi connectivity index (χ2n) is 6.85. The van der Waals surface area contributed by atoms with Gasteiger partial charge in [0.2, 0.25) is 0 Å². The normalized spacial score (nSPS) is 13.8. The van der Waals surface area contributed by atoms with Gasteiger partial charge in [-0.25, -0.2) is 4.21 Å². The van der Waals surface area contributed by atoms with Gasteiger partial charge in [-0.3, -0.25) is 4.79 Å². The van der Waals surface area contributed by atoms with E-state index in [2.05, 4.69) is 16.6 Å². The van der Waals surface area contributed by atoms with Crippen molar-refractivity contribution >= 4 is 22.6 Å². The molecule has 1 amide bonds. The Balaban J connectivity index is 3.07. The van der Waals surface area contributed by atoms with Crippen molar-refractivity contribution in [3.05, 3.63) is 41.5 Å². The first-order valence-corrected chi connectivity index (χ1v) is 9.11. The number of nitrogens with one attached hydrogen (secondary N) is 2. The van der Waals surface area contributed by atoms with Crippen LogP contribution in [0.25, 0.3) is 0 Å². The molecule has 158 valence electrons. The molecular weight excluding hydrogens is 410 g/mol. The molecule has 0 spiro atoms. The third-order valence-electron chi connectivity index (χ3n) is 3.46. The highest BCUT2D eigenvalue weighted by atomic mass is 32.2. The van der Waals surface area contributed by atoms with Gasteiger partial charge in [-0.1, -0.05) is 6.58 Å². The first-order valence-electron chi connectivity index (χ1n) is 7.96. The molecule has 1 aromatic rings. The molecule has 1 unspecified atom stereocenters. The Morgan fingerprint density at radius 2 is 1.68 bits per heavy atom. The van der Waals surface area contributed by atoms with Crippen molar-refractivity contribution < 1.29 is 35.3 Å². The zero-order valence-electron chi connectivity index (χ0n) is 15.3. The lowest BCUT2D eigenvalue weighted by atomic mass is 10.1. The highest BCUT2D eigenvalue weighted by molar-refractivity contribution is 7.87. The van der Waals surface area contributed by atoms with Crippen molar-refractivity contribution in [2.75, 3.05) is 11.3 Å². The smallest absolute Gasteiger partial charge is 0.352 e. The van der Waals surface area contributed by atoms with Crippen LogP contribution in [0.4, 0.5) is 32.0 Å². The molecule has 28 heavy (non-hydrogen) atoms. The van der Waals surface area contributed by atoms with Crippen LogP contribution < -0.4 is 10.0 Å². The molecular formula is C17H20F6N2O2S. The molecule has 0 aliphatic carbocycles. The fourth-order valence-corrected chi connectivity index (χ4v) is 2.49. The van der Waals surface area contributed by atoms with E-state index in [4.69, 9.17) is 0 Å². The molecule has 1 atom stereocenters. The van der Waals surface area contributed by atoms with E-state index >= 15 is 0 Å². The molecule has 0 heterocycles. The standard InChI is InChI=1S/C17H20F6N2O2S/c1-10(16(18,19)20)7-8-24-14(26)12-6-5-11(17(21,22)23)9-13(12)25-28(27)15(2,3)4/h5-6,9,25H,1,7-8H2,2-4H3,(H,24,26). The van der Waals surface area contributed by atoms with Gasteiger partial charge in [-0.15, -0.1) is 0 Å². The summed E-state index contributed by atoms with van der Waals surface area (Å²) in [6.45, 7) is 7.17. The average Bonchev–Trinajstić information content (AvgIpc) is 2.51. The molecule has 0 bridgehead atoms. The summed E-state index contributed by atoms with van der Waals surface area (Å²) < 4.78 is 89.9. The highest BCUT2D eigenvalue weighted by Gasteiger charge is 2.33. The molecule has 0 aromatic heterocycles. The Morgan fingerprint density at radius 3 is 2.14 bits per heavy atom. The van der Waals surface area contributed by atoms with E-state index in [-0.39, 0.29) is 11.3 Å². The van der Waals surface area contributed by atoms with Crippen LogP contribution in [0.5, 0.6) is 0 Å². The first kappa shape index (κ1) is 24.0. The van der Waals surface area contributed by atoms with Crippen molar-refractivity contribution in [2.45, 2.75) is 44.3 Å². The molecule has 0 saturated heterocycles. The lowest BCUT2D eigenvalue weighted by Crippen LogP contribution is -2.30. The summed E-state index contributed by atoms with van der Waals surface area (Å²) in [7, 11) is -1.84. The van der Waals surface area contributed by atoms with Gasteiger partial charge in [0, 0.05) is 12.1 Å². The molecule has 11 heteroatoms. The third-order valence-corrected chi connectivity index (χ3v) is 4.98. The van der Waals surface area contributed by atoms with Gasteiger partial charge in [-0.2, -0.15) is 26.3 Å². The maximum absolute atomic E-state index is 13.0. The molecule has 4 nitrogen and oxygen atoms in total. The summed E-state index contributed by atoms with van der Waals surface area (Å²) in [5.74, 6) is -0.905. The highest BCUT2D eigenvalue weighted by Crippen LogP contribution is 2.33. The lowest BCUT2D eigenvalue weighted by molar-refractivity contribution is -0.137. The molecule has 2 N–H and O–H groups in total. The number of hydrogen-bond donors (Lipinski definition) is 2. The molecule has 0 saturated carbocycles. The second kappa shape index (κ2) is 8.54. The van der Waals surface area contributed by atoms with Crippen LogP contribution in [0.1, 0.15) is 43.1 Å². The number of amides is 1. The van der Waals surface area contributed by atoms with Gasteiger partial charge in [0.25, 0.3) is 5.91 Å². The van der Waals surface area contributed by atoms with Gasteiger partial charge >= 0.3 is 12.4 Å². The van der Waals surface area contributed by atoms with E-state index < -0.39 is 58.1 Å². The van der Waals surface area contributed by atoms with Crippen LogP contribution in [0, 0.1) is 0 Å². The number of carbonyl (C=O) groups is 1. The van der Waals surface area contributed by atoms with Crippen molar-refractivity contribution in [1.29, 1.82) is 0 Å². The number of halogens is 6. The molecule has 0 aliphatic heterocycles. The summed E-state index contributed by atoms with van der Waals surface area (Å²) in [4.78, 5) is 12.2. The van der Waals surface area contributed by atoms with Gasteiger partial charge in [0.15, 0.2) is 0 Å². The van der Waals surface area contributed by atoms with Crippen LogP contribution in [0.2, 0.25) is 0 Å². The Kier molecular flexibility index (Phi) is 7.32. The van der Waals surface area contributed by atoms with Gasteiger partial charge in [0.1, 0.15) is 11.0 Å². The monoisotopic (exact) mass is 430 g/mol. The van der Waals surface area contributed by atoms with E-state index in [0.717, 1.165) is 6.07 Å². The predicted octanol–water partition coefficient (Wildman–Crippen LogP) is 4.82. The van der Waals surface area contributed by atoms with Gasteiger partial charge in [0.05, 0.1) is 21.6 Å². The van der Waals surface area contributed by atoms with Crippen molar-refractivity contribution in [2.24, 2.45) is 0 Å². The van der Waals surface area contributed by atoms with E-state index in [1.54, 1.807) is 20.8 Å². The van der Waals surface area contributed by atoms with Crippen molar-refractivity contribution in [3.8, 4) is 0 Å². The topological polar surface area (TPSA) is 58.2 Å². The van der Waals surface area contributed by atoms with Crippen LogP contribution in [-0.2, 0) is 17.2 Å². The zero-order valence-corrected chi connectivity index (χ0v) is 16.2. The molecule has 0 fully saturated rings. The summed E-state index contributed by atoms with van der Waals surface area (Å²) in [5.41, 5.74) is -2.73. The fraction of sp³-hybridized carbons (Fsp3) is 0.471. The second-order valence-corrected chi connectivity index (χ2v) is 8.81. The Morgan fingerprint density at radius 1 is 1.11 bits per heavy atom. The first-order chi connectivity index (χ1) is 12.5. The number of carbonyl (C=O) groups excluding carboxylic acids is 1. The SMILES string of the molecule is C=C(CCNC(=O)c1ccc(C(F)(F)F)cc1NS(=O)C(C)(C)C)C(F)(F)F. The summed E-state index contributed by atoms with van der Waals surface area (Å²) in [5, 5.41) is 2.19. The Hall–Kier alpha value is -2.04. The minimum Gasteiger partial charge on any atom is -0.352 e. The maximum atomic E-state index is 13.0. The van der Waals surface area contributed by atoms with E-state index in [9.17, 15) is 35.3 Å². The molecule has 0 aliphatic rings. The molecule has 0 radical (unpaired) electrons. The quantitative estimate of drug-likeness (QED) is 0.502. The van der Waals surface area contributed by atoms with Crippen LogP contribution in [-0.4, -0.2) is 27.6 Å². The van der Waals surface area contributed by atoms with Crippen molar-refractivity contribution in [1.82, 2.24) is 5.32 Å². The predicted molar refractivity (Wildman–Crippen MR) is 95.1 cm³/mol. The number of alkyl halides is 6. The van der Waals surface area contributed by atoms with Gasteiger partial charge in [-0.05, 0) is 45.4 Å². The van der Waals surface area contributed by atoms with E-state index in [1.165, 1.54) is 0 Å². The molecule has 1 aromatic carbocycles. The number of benzene rings is 1. The maximum Gasteiger partial charge on any atom is 0.416 e. The number of hydrogen-bond acceptors (Lipinski definition) is 2. The Labute approximate surface area is 161 Å². The summed E-state index contributed by atoms with van der Waals surface area (Å²) >= 11 is 0. The number of rotatable bonds is 6. The van der Waals surface area contributed by atoms with Gasteiger partial charge < -0.3 is 10.0 Å². The van der Waals surface area contributed by atoms with E-state index in [0.29, 0.717) is 12.1 Å². The van der Waals surface area contributed by atoms with Crippen molar-refractivity contribution in [3.63, 3.8) is 0 Å². The Bertz CT molecular complexity index is 766. The minimum atomic E-state index is -4.70. The zero-order chi connectivity index (χ0) is 21.9. The minimum absolute atomic E-state index is 0.275. The summed E-state index contributed by atoms with van der Waals surface area (Å²) in [6, 6.07) is 2.17. The van der Waals surface area contributed by atoms with Crippen LogP contribution >= 0.6 is 0 Å². The largest absolute Gasteiger partial charge is 0.416 e. The van der Waals surface area contributed by atoms with Crippen LogP contribution in [0.15, 0.2) is 30.4 Å². The average molecular weight is 430 g/mol. The summed E-state index contributed by atoms with van der Waals surface area (Å²) in [6.07, 6.45) is -9.87. The van der Waals surface area contributed by atoms with Crippen LogP contribution in [0.3, 0.4) is 0 Å². The lowest BCUT2D eigenvalue weighted by Gasteiger charge is -2.21. The van der Waals surface area contributed by atoms with E-state index in [1.807, 2.05) is 0 Å². The fourth-order valence-electron chi connectivity index (χ4n) is 1.82.